The van der Waals surface area contributed by atoms with Crippen molar-refractivity contribution >= 4 is 0 Å². The van der Waals surface area contributed by atoms with Crippen molar-refractivity contribution in [1.82, 2.24) is 0 Å². The van der Waals surface area contributed by atoms with Crippen LogP contribution in [0.4, 0.5) is 0 Å². The van der Waals surface area contributed by atoms with Crippen LogP contribution < -0.4 is 4.66 Å². The summed E-state index contributed by atoms with van der Waals surface area (Å²) in [6.45, 7) is 5.50. The van der Waals surface area contributed by atoms with Gasteiger partial charge in [-0.25, -0.2) is 0 Å². The van der Waals surface area contributed by atoms with E-state index in [4.69, 9.17) is 18.6 Å². The van der Waals surface area contributed by atoms with Gasteiger partial charge in [-0.05, 0) is 0 Å². The van der Waals surface area contributed by atoms with Gasteiger partial charge in [0, 0.05) is 0 Å². The zero-order chi connectivity index (χ0) is 7.21. The van der Waals surface area contributed by atoms with Gasteiger partial charge >= 0.3 is 48.4 Å². The molecule has 0 aromatic heterocycles. The van der Waals surface area contributed by atoms with Gasteiger partial charge in [-0.1, -0.05) is 6.92 Å². The Labute approximate surface area is 99.7 Å². The van der Waals surface area contributed by atoms with Crippen LogP contribution in [-0.4, -0.2) is 14.0 Å². The number of halogens is 1. The van der Waals surface area contributed by atoms with E-state index in [-0.39, 0.29) is 50.2 Å². The molecule has 0 aliphatic carbocycles. The maximum atomic E-state index is 8.83. The first-order valence-corrected chi connectivity index (χ1v) is 3.19. The maximum Gasteiger partial charge on any atom is 8.00 e. The molecule has 0 saturated carbocycles. The first kappa shape index (κ1) is 62.2. The van der Waals surface area contributed by atoms with E-state index in [2.05, 4.69) is 6.92 Å². The predicted octanol–water partition coefficient (Wildman–Crippen LogP) is 1.95. The molecule has 0 aliphatic rings. The molecular weight excluding hydrogens is 307 g/mol. The molecule has 0 atom stereocenters. The molecular formula is C3H20ClN5O4Ru+2. The zero-order valence-electron chi connectivity index (χ0n) is 7.78. The molecule has 0 unspecified atom stereocenters. The van der Waals surface area contributed by atoms with Crippen LogP contribution in [0.2, 0.25) is 0 Å². The van der Waals surface area contributed by atoms with E-state index < -0.39 is 10.2 Å². The van der Waals surface area contributed by atoms with Gasteiger partial charge in [0.1, 0.15) is 0 Å². The third-order valence-electron chi connectivity index (χ3n) is 0. The van der Waals surface area contributed by atoms with Gasteiger partial charge in [0.15, 0.2) is 0 Å². The van der Waals surface area contributed by atoms with E-state index in [1.165, 1.54) is 0 Å². The van der Waals surface area contributed by atoms with Gasteiger partial charge in [-0.3, -0.25) is 0 Å². The fraction of sp³-hybridized carbons (Fsp3) is 0.667. The van der Waals surface area contributed by atoms with Gasteiger partial charge < -0.3 is 37.7 Å². The first-order valence-electron chi connectivity index (χ1n) is 1.87. The Bertz CT molecular complexity index is 52.7. The van der Waals surface area contributed by atoms with Crippen molar-refractivity contribution < 1.29 is 48.4 Å². The van der Waals surface area contributed by atoms with Crippen LogP contribution in [0.3, 0.4) is 0 Å². The van der Waals surface area contributed by atoms with Crippen LogP contribution in [-0.2, 0) is 19.5 Å². The molecule has 9 nitrogen and oxygen atoms in total. The largest absolute Gasteiger partial charge is 8.00 e. The maximum absolute atomic E-state index is 8.83. The van der Waals surface area contributed by atoms with Crippen LogP contribution in [0, 0.1) is 17.2 Å². The van der Waals surface area contributed by atoms with Gasteiger partial charge in [0.25, 0.3) is 0 Å². The Hall–Kier alpha value is 0.553. The van der Waals surface area contributed by atoms with Crippen molar-refractivity contribution in [2.75, 3.05) is 0 Å². The quantitative estimate of drug-likeness (QED) is 0.445. The van der Waals surface area contributed by atoms with E-state index >= 15 is 0 Å². The Morgan fingerprint density at radius 3 is 1.00 bits per heavy atom. The molecule has 13 N–H and O–H groups in total. The molecule has 0 amide bonds. The monoisotopic (exact) mass is 327 g/mol. The van der Waals surface area contributed by atoms with E-state index in [0.29, 0.717) is 0 Å². The third-order valence-corrected chi connectivity index (χ3v) is 0. The molecule has 0 heterocycles. The van der Waals surface area contributed by atoms with Gasteiger partial charge in [0.05, 0.1) is 0 Å². The van der Waals surface area contributed by atoms with Crippen molar-refractivity contribution in [3.63, 3.8) is 0 Å². The molecule has 0 aromatic rings. The minimum Gasteiger partial charge on any atom is 8.00 e. The summed E-state index contributed by atoms with van der Waals surface area (Å²) in [5.74, 6) is 0. The molecule has 0 saturated heterocycles. The van der Waals surface area contributed by atoms with E-state index in [1.807, 2.05) is 6.92 Å². The molecule has 0 bridgehead atoms. The summed E-state index contributed by atoms with van der Waals surface area (Å²) >= 11 is 0. The summed E-state index contributed by atoms with van der Waals surface area (Å²) in [7, 11) is -4.19. The van der Waals surface area contributed by atoms with Crippen LogP contribution >= 0.6 is 0 Å². The van der Waals surface area contributed by atoms with E-state index in [9.17, 15) is 0 Å². The molecule has 94 valence electrons. The number of hydrogen-bond acceptors (Lipinski definition) is 4. The van der Waals surface area contributed by atoms with Crippen LogP contribution in [0.25, 0.3) is 30.8 Å². The van der Waals surface area contributed by atoms with Crippen molar-refractivity contribution in [3.05, 3.63) is 37.7 Å². The molecule has 14 heavy (non-hydrogen) atoms. The van der Waals surface area contributed by atoms with Crippen molar-refractivity contribution in [2.24, 2.45) is 0 Å². The normalized spacial score (nSPS) is 6.71. The standard InChI is InChI=1S/C3H7.ClH3O4.5H2N.Ru/c1-3-2;2-1(3,4)5;;;;;;/h1,3H2,2H3;2-4H;5*1H2;/q-1;;5*-1;+8. The van der Waals surface area contributed by atoms with Crippen molar-refractivity contribution in [3.8, 4) is 0 Å². The summed E-state index contributed by atoms with van der Waals surface area (Å²) in [6.07, 6.45) is 1.00. The van der Waals surface area contributed by atoms with Crippen LogP contribution in [0.1, 0.15) is 13.3 Å². The summed E-state index contributed by atoms with van der Waals surface area (Å²) in [5, 5.41) is 0. The van der Waals surface area contributed by atoms with E-state index in [1.54, 1.807) is 0 Å². The molecule has 0 aromatic carbocycles. The smallest absolute Gasteiger partial charge is 8.00 e. The van der Waals surface area contributed by atoms with Crippen LogP contribution in [0.5, 0.6) is 0 Å². The van der Waals surface area contributed by atoms with Gasteiger partial charge in [-0.15, -0.1) is 0 Å². The molecule has 0 aliphatic heterocycles. The zero-order valence-corrected chi connectivity index (χ0v) is 10.3. The van der Waals surface area contributed by atoms with Gasteiger partial charge in [-0.2, -0.15) is 6.42 Å². The number of hydrogen-bond donors (Lipinski definition) is 3. The Morgan fingerprint density at radius 2 is 1.00 bits per heavy atom. The minimum absolute atomic E-state index is 0. The fourth-order valence-corrected chi connectivity index (χ4v) is 0. The van der Waals surface area contributed by atoms with Gasteiger partial charge in [0.2, 0.25) is 0 Å². The minimum atomic E-state index is -4.19. The first-order chi connectivity index (χ1) is 3.41. The van der Waals surface area contributed by atoms with Crippen molar-refractivity contribution in [1.29, 1.82) is 0 Å². The fourth-order valence-electron chi connectivity index (χ4n) is 0. The van der Waals surface area contributed by atoms with Crippen molar-refractivity contribution in [2.45, 2.75) is 13.3 Å². The molecule has 11 heteroatoms. The summed E-state index contributed by atoms with van der Waals surface area (Å²) < 4.78 is 30.2. The molecule has 0 rings (SSSR count). The second kappa shape index (κ2) is 37.4. The Kier molecular flexibility index (Phi) is 166. The Morgan fingerprint density at radius 1 is 1.00 bits per heavy atom. The molecule has 0 fully saturated rings. The third kappa shape index (κ3) is 5470. The average Bonchev–Trinajstić information content (AvgIpc) is 1.27. The summed E-state index contributed by atoms with van der Waals surface area (Å²) in [4.78, 5) is 0. The van der Waals surface area contributed by atoms with Crippen LogP contribution in [0.15, 0.2) is 0 Å². The molecule has 0 spiro atoms. The number of nitrogens with two attached hydrogens (primary N) is 5. The average molecular weight is 327 g/mol. The molecule has 0 radical (unpaired) electrons. The van der Waals surface area contributed by atoms with E-state index in [0.717, 1.165) is 6.42 Å². The Balaban J connectivity index is -0.00000000626. The SMILES string of the molecule is [CH2-]CC.[NH2-].[NH2-].[NH2-].[NH2-].[NH2-].[O-][Cl+](O)(O)O.[Ru+8]. The topological polar surface area (TPSA) is 251 Å². The second-order valence-corrected chi connectivity index (χ2v) is 1.80. The predicted molar refractivity (Wildman–Crippen MR) is 48.7 cm³/mol. The summed E-state index contributed by atoms with van der Waals surface area (Å²) in [5.41, 5.74) is 0. The summed E-state index contributed by atoms with van der Waals surface area (Å²) in [6, 6.07) is 0. The second-order valence-electron chi connectivity index (χ2n) is 0.934. The number of rotatable bonds is 0.